The number of methoxy groups -OCH3 is 1. The number of imidazole rings is 2. The van der Waals surface area contributed by atoms with Crippen LogP contribution in [0.4, 0.5) is 9.59 Å². The van der Waals surface area contributed by atoms with Crippen molar-refractivity contribution in [3.63, 3.8) is 0 Å². The smallest absolute Gasteiger partial charge is 0.407 e. The first kappa shape index (κ1) is 38.9. The van der Waals surface area contributed by atoms with Crippen molar-refractivity contribution >= 4 is 56.1 Å². The lowest BCUT2D eigenvalue weighted by Gasteiger charge is -2.29. The van der Waals surface area contributed by atoms with Crippen LogP contribution in [0.2, 0.25) is 0 Å². The Hall–Kier alpha value is -6.00. The van der Waals surface area contributed by atoms with Crippen molar-refractivity contribution in [3.05, 3.63) is 96.3 Å². The summed E-state index contributed by atoms with van der Waals surface area (Å²) in [5.41, 5.74) is 4.42. The summed E-state index contributed by atoms with van der Waals surface area (Å²) in [4.78, 5) is 73.0. The Morgan fingerprint density at radius 2 is 1.48 bits per heavy atom. The third-order valence-corrected chi connectivity index (χ3v) is 13.2. The summed E-state index contributed by atoms with van der Waals surface area (Å²) in [6, 6.07) is 19.7. The number of likely N-dealkylation sites (tertiary alicyclic amines) is 2. The van der Waals surface area contributed by atoms with E-state index in [9.17, 15) is 24.3 Å². The van der Waals surface area contributed by atoms with Crippen LogP contribution in [-0.2, 0) is 14.3 Å². The summed E-state index contributed by atoms with van der Waals surface area (Å²) in [5.74, 6) is 0.790. The zero-order valence-corrected chi connectivity index (χ0v) is 33.9. The highest BCUT2D eigenvalue weighted by Crippen LogP contribution is 2.43. The van der Waals surface area contributed by atoms with Crippen molar-refractivity contribution in [1.29, 1.82) is 0 Å². The minimum Gasteiger partial charge on any atom is -0.465 e. The van der Waals surface area contributed by atoms with E-state index in [0.717, 1.165) is 73.2 Å². The van der Waals surface area contributed by atoms with Crippen molar-refractivity contribution in [2.24, 2.45) is 5.92 Å². The molecule has 14 nitrogen and oxygen atoms in total. The molecule has 2 aliphatic rings. The highest BCUT2D eigenvalue weighted by Gasteiger charge is 2.38. The number of carboxylic acid groups (broad SMARTS) is 1. The summed E-state index contributed by atoms with van der Waals surface area (Å²) >= 11 is 3.39. The topological polar surface area (TPSA) is 186 Å². The number of alkyl carbamates (subject to hydrolysis) is 1. The molecule has 0 spiro atoms. The van der Waals surface area contributed by atoms with E-state index in [2.05, 4.69) is 62.0 Å². The van der Waals surface area contributed by atoms with Gasteiger partial charge in [-0.25, -0.2) is 19.6 Å². The molecule has 16 heteroatoms. The Morgan fingerprint density at radius 1 is 0.845 bits per heavy atom. The molecule has 300 valence electrons. The van der Waals surface area contributed by atoms with E-state index >= 15 is 0 Å². The van der Waals surface area contributed by atoms with E-state index in [1.165, 1.54) is 7.11 Å². The van der Waals surface area contributed by atoms with Crippen LogP contribution in [0.5, 0.6) is 0 Å². The molecular weight excluding hydrogens is 777 g/mol. The van der Waals surface area contributed by atoms with E-state index in [1.54, 1.807) is 38.7 Å². The number of amides is 4. The lowest BCUT2D eigenvalue weighted by Crippen LogP contribution is -2.50. The van der Waals surface area contributed by atoms with Gasteiger partial charge < -0.3 is 40.2 Å². The average Bonchev–Trinajstić information content (AvgIpc) is 4.08. The minimum absolute atomic E-state index is 0.186. The van der Waals surface area contributed by atoms with Gasteiger partial charge in [0.15, 0.2) is 0 Å². The fourth-order valence-electron chi connectivity index (χ4n) is 7.94. The number of nitrogens with zero attached hydrogens (tertiary/aromatic N) is 4. The average molecular weight is 821 g/mol. The molecule has 2 saturated heterocycles. The number of carbonyl (C=O) groups excluding carboxylic acids is 3. The third-order valence-electron chi connectivity index (χ3n) is 10.9. The van der Waals surface area contributed by atoms with Crippen LogP contribution in [-0.4, -0.2) is 85.1 Å². The van der Waals surface area contributed by atoms with Gasteiger partial charge in [-0.2, -0.15) is 0 Å². The number of carbonyl (C=O) groups is 4. The van der Waals surface area contributed by atoms with Crippen molar-refractivity contribution in [2.45, 2.75) is 63.7 Å². The molecule has 6 aromatic rings. The highest BCUT2D eigenvalue weighted by atomic mass is 32.1. The number of benzene rings is 2. The van der Waals surface area contributed by atoms with E-state index in [4.69, 9.17) is 9.72 Å². The monoisotopic (exact) mass is 820 g/mol. The SMILES string of the molecule is COC(=O)N[C@@H](C(=O)N1CCCC1c1nc(-c2cc3sc(-c4ccc(-c5cnc([C@@H]6CCCN6C(=O)[C@@H](NC(=O)O)C(C)C)[nH]5)cc4)cc3s2)c[nH]1)c1ccccc1. The van der Waals surface area contributed by atoms with E-state index < -0.39 is 24.3 Å². The van der Waals surface area contributed by atoms with Gasteiger partial charge in [0.1, 0.15) is 23.7 Å². The Kier molecular flexibility index (Phi) is 11.0. The lowest BCUT2D eigenvalue weighted by atomic mass is 10.0. The van der Waals surface area contributed by atoms with Crippen LogP contribution < -0.4 is 10.6 Å². The molecule has 0 bridgehead atoms. The first-order valence-corrected chi connectivity index (χ1v) is 21.0. The number of hydrogen-bond donors (Lipinski definition) is 5. The van der Waals surface area contributed by atoms with Gasteiger partial charge in [-0.1, -0.05) is 68.4 Å². The maximum Gasteiger partial charge on any atom is 0.407 e. The van der Waals surface area contributed by atoms with Crippen molar-refractivity contribution in [3.8, 4) is 32.3 Å². The Bertz CT molecular complexity index is 2410. The molecule has 0 aliphatic carbocycles. The van der Waals surface area contributed by atoms with Gasteiger partial charge in [-0.15, -0.1) is 22.7 Å². The molecule has 2 aliphatic heterocycles. The highest BCUT2D eigenvalue weighted by molar-refractivity contribution is 7.31. The number of fused-ring (bicyclic) bond motifs is 1. The van der Waals surface area contributed by atoms with Gasteiger partial charge in [-0.05, 0) is 60.4 Å². The summed E-state index contributed by atoms with van der Waals surface area (Å²) in [5, 5.41) is 14.4. The number of ether oxygens (including phenoxy) is 1. The van der Waals surface area contributed by atoms with Crippen LogP contribution in [0, 0.1) is 5.92 Å². The summed E-state index contributed by atoms with van der Waals surface area (Å²) in [6.07, 6.45) is 4.96. The largest absolute Gasteiger partial charge is 0.465 e. The molecule has 58 heavy (non-hydrogen) atoms. The Labute approximate surface area is 342 Å². The fraction of sp³-hybridized carbons (Fsp3) is 0.333. The molecular formula is C42H44N8O6S2. The van der Waals surface area contributed by atoms with E-state index in [1.807, 2.05) is 50.4 Å². The molecule has 2 aromatic carbocycles. The molecule has 0 radical (unpaired) electrons. The summed E-state index contributed by atoms with van der Waals surface area (Å²) in [7, 11) is 1.28. The molecule has 2 fully saturated rings. The number of aromatic nitrogens is 4. The van der Waals surface area contributed by atoms with E-state index in [0.29, 0.717) is 24.5 Å². The lowest BCUT2D eigenvalue weighted by molar-refractivity contribution is -0.135. The van der Waals surface area contributed by atoms with Crippen LogP contribution >= 0.6 is 22.7 Å². The normalized spacial score (nSPS) is 17.8. The maximum absolute atomic E-state index is 13.9. The van der Waals surface area contributed by atoms with E-state index in [-0.39, 0.29) is 29.8 Å². The van der Waals surface area contributed by atoms with Gasteiger partial charge in [0, 0.05) is 33.6 Å². The van der Waals surface area contributed by atoms with Crippen LogP contribution in [0.25, 0.3) is 41.7 Å². The molecule has 5 N–H and O–H groups in total. The zero-order chi connectivity index (χ0) is 40.5. The molecule has 4 atom stereocenters. The molecule has 4 amide bonds. The number of hydrogen-bond acceptors (Lipinski definition) is 9. The number of rotatable bonds is 11. The first-order chi connectivity index (χ1) is 28.1. The summed E-state index contributed by atoms with van der Waals surface area (Å²) in [6.45, 7) is 4.78. The van der Waals surface area contributed by atoms with Gasteiger partial charge in [0.2, 0.25) is 5.91 Å². The second-order valence-corrected chi connectivity index (χ2v) is 17.1. The van der Waals surface area contributed by atoms with Gasteiger partial charge in [0.05, 0.1) is 41.7 Å². The fourth-order valence-corrected chi connectivity index (χ4v) is 10.3. The molecule has 4 aromatic heterocycles. The molecule has 0 saturated carbocycles. The van der Waals surface area contributed by atoms with Gasteiger partial charge in [-0.3, -0.25) is 9.59 Å². The quantitative estimate of drug-likeness (QED) is 0.0867. The first-order valence-electron chi connectivity index (χ1n) is 19.3. The number of thiophene rings is 2. The zero-order valence-electron chi connectivity index (χ0n) is 32.2. The minimum atomic E-state index is -1.21. The van der Waals surface area contributed by atoms with Crippen molar-refractivity contribution in [1.82, 2.24) is 40.4 Å². The molecule has 8 rings (SSSR count). The van der Waals surface area contributed by atoms with Crippen LogP contribution in [0.1, 0.15) is 74.9 Å². The number of nitrogens with one attached hydrogen (secondary N) is 4. The molecule has 6 heterocycles. The number of aromatic amines is 2. The predicted molar refractivity (Wildman–Crippen MR) is 222 cm³/mol. The summed E-state index contributed by atoms with van der Waals surface area (Å²) < 4.78 is 7.15. The Morgan fingerprint density at radius 3 is 2.16 bits per heavy atom. The second kappa shape index (κ2) is 16.5. The standard InChI is InChI=1S/C42H44N8O6S2/c1-23(2)35(47-41(53)54)39(51)49-17-7-11-29(49)37-43-21-27(45-37)24-13-15-25(16-14-24)31-19-33-34(57-31)20-32(58-33)28-22-44-38(46-28)30-12-8-18-50(30)40(52)36(48-42(55)56-3)26-9-5-4-6-10-26/h4-6,9-10,13-16,19-23,29-30,35-36,47H,7-8,11-12,17-18H2,1-3H3,(H,43,45)(H,44,46)(H,48,55)(H,53,54)/t29-,30?,35-,36+/m0/s1. The second-order valence-electron chi connectivity index (χ2n) is 14.9. The van der Waals surface area contributed by atoms with Crippen LogP contribution in [0.3, 0.4) is 0 Å². The van der Waals surface area contributed by atoms with Crippen LogP contribution in [0.15, 0.2) is 79.1 Å². The number of H-pyrrole nitrogens is 2. The Balaban J connectivity index is 0.940. The maximum atomic E-state index is 13.9. The van der Waals surface area contributed by atoms with Crippen molar-refractivity contribution in [2.75, 3.05) is 20.2 Å². The van der Waals surface area contributed by atoms with Gasteiger partial charge in [0.25, 0.3) is 5.91 Å². The molecule has 1 unspecified atom stereocenters. The third kappa shape index (κ3) is 7.81. The van der Waals surface area contributed by atoms with Gasteiger partial charge >= 0.3 is 12.2 Å². The van der Waals surface area contributed by atoms with Crippen molar-refractivity contribution < 1.29 is 29.0 Å². The predicted octanol–water partition coefficient (Wildman–Crippen LogP) is 8.13.